The number of carbonyl (C=O) groups is 1. The van der Waals surface area contributed by atoms with Gasteiger partial charge in [-0.25, -0.2) is 4.39 Å². The van der Waals surface area contributed by atoms with Crippen LogP contribution in [0.5, 0.6) is 5.75 Å². The van der Waals surface area contributed by atoms with E-state index in [0.29, 0.717) is 18.4 Å². The lowest BCUT2D eigenvalue weighted by molar-refractivity contribution is 0.0982. The summed E-state index contributed by atoms with van der Waals surface area (Å²) in [6, 6.07) is 4.24. The monoisotopic (exact) mass is 222 g/mol. The molecule has 0 aromatic heterocycles. The number of halogens is 1. The number of Topliss-reactive ketones (excluding diaryl/α,β-unsaturated/α-hetero) is 1. The van der Waals surface area contributed by atoms with Crippen LogP contribution in [-0.4, -0.2) is 12.9 Å². The fraction of sp³-hybridized carbons (Fsp3) is 0.308. The molecule has 3 heteroatoms. The van der Waals surface area contributed by atoms with E-state index in [1.807, 2.05) is 6.92 Å². The Morgan fingerprint density at radius 2 is 2.12 bits per heavy atom. The SMILES string of the molecule is C=C(C)CCC(=O)c1ccc(OC)c(F)c1. The summed E-state index contributed by atoms with van der Waals surface area (Å²) < 4.78 is 18.1. The lowest BCUT2D eigenvalue weighted by atomic mass is 10.0. The zero-order valence-corrected chi connectivity index (χ0v) is 9.55. The van der Waals surface area contributed by atoms with E-state index in [-0.39, 0.29) is 11.5 Å². The highest BCUT2D eigenvalue weighted by atomic mass is 19.1. The fourth-order valence-corrected chi connectivity index (χ4v) is 1.31. The van der Waals surface area contributed by atoms with Crippen LogP contribution in [0.3, 0.4) is 0 Å². The number of rotatable bonds is 5. The van der Waals surface area contributed by atoms with Gasteiger partial charge < -0.3 is 4.74 Å². The van der Waals surface area contributed by atoms with E-state index in [9.17, 15) is 9.18 Å². The minimum absolute atomic E-state index is 0.0791. The van der Waals surface area contributed by atoms with Crippen molar-refractivity contribution in [2.75, 3.05) is 7.11 Å². The quantitative estimate of drug-likeness (QED) is 0.564. The molecule has 1 rings (SSSR count). The summed E-state index contributed by atoms with van der Waals surface area (Å²) in [6.07, 6.45) is 0.994. The highest BCUT2D eigenvalue weighted by Gasteiger charge is 2.09. The molecule has 0 aliphatic heterocycles. The molecule has 0 atom stereocenters. The van der Waals surface area contributed by atoms with Crippen LogP contribution in [0.4, 0.5) is 4.39 Å². The Morgan fingerprint density at radius 3 is 2.62 bits per heavy atom. The predicted molar refractivity (Wildman–Crippen MR) is 61.3 cm³/mol. The second kappa shape index (κ2) is 5.45. The molecule has 0 saturated heterocycles. The normalized spacial score (nSPS) is 9.94. The van der Waals surface area contributed by atoms with Crippen LogP contribution >= 0.6 is 0 Å². The van der Waals surface area contributed by atoms with Crippen LogP contribution in [0.15, 0.2) is 30.4 Å². The first-order chi connectivity index (χ1) is 7.54. The van der Waals surface area contributed by atoms with Crippen molar-refractivity contribution >= 4 is 5.78 Å². The Bertz CT molecular complexity index is 410. The molecular formula is C13H15FO2. The second-order valence-corrected chi connectivity index (χ2v) is 3.73. The van der Waals surface area contributed by atoms with Gasteiger partial charge in [-0.05, 0) is 31.5 Å². The van der Waals surface area contributed by atoms with Crippen molar-refractivity contribution in [1.29, 1.82) is 0 Å². The van der Waals surface area contributed by atoms with Crippen molar-refractivity contribution in [2.45, 2.75) is 19.8 Å². The van der Waals surface area contributed by atoms with E-state index in [1.54, 1.807) is 6.07 Å². The van der Waals surface area contributed by atoms with Crippen LogP contribution in [-0.2, 0) is 0 Å². The standard InChI is InChI=1S/C13H15FO2/c1-9(2)4-6-12(15)10-5-7-13(16-3)11(14)8-10/h5,7-8H,1,4,6H2,2-3H3. The molecule has 0 saturated carbocycles. The second-order valence-electron chi connectivity index (χ2n) is 3.73. The molecule has 0 aliphatic rings. The molecule has 0 N–H and O–H groups in total. The molecule has 0 amide bonds. The van der Waals surface area contributed by atoms with Crippen molar-refractivity contribution < 1.29 is 13.9 Å². The lowest BCUT2D eigenvalue weighted by Crippen LogP contribution is -2.00. The number of hydrogen-bond donors (Lipinski definition) is 0. The molecule has 86 valence electrons. The summed E-state index contributed by atoms with van der Waals surface area (Å²) >= 11 is 0. The molecule has 0 bridgehead atoms. The van der Waals surface area contributed by atoms with Crippen molar-refractivity contribution in [1.82, 2.24) is 0 Å². The Morgan fingerprint density at radius 1 is 1.44 bits per heavy atom. The first kappa shape index (κ1) is 12.4. The lowest BCUT2D eigenvalue weighted by Gasteiger charge is -2.04. The van der Waals surface area contributed by atoms with Crippen LogP contribution in [0.1, 0.15) is 30.1 Å². The largest absolute Gasteiger partial charge is 0.494 e. The van der Waals surface area contributed by atoms with Gasteiger partial charge in [-0.15, -0.1) is 6.58 Å². The van der Waals surface area contributed by atoms with E-state index in [1.165, 1.54) is 19.2 Å². The fourth-order valence-electron chi connectivity index (χ4n) is 1.31. The Kier molecular flexibility index (Phi) is 4.23. The number of benzene rings is 1. The smallest absolute Gasteiger partial charge is 0.165 e. The summed E-state index contributed by atoms with van der Waals surface area (Å²) in [5, 5.41) is 0. The maximum absolute atomic E-state index is 13.3. The average molecular weight is 222 g/mol. The number of ether oxygens (including phenoxy) is 1. The molecule has 0 aliphatic carbocycles. The Hall–Kier alpha value is -1.64. The Balaban J connectivity index is 2.77. The third-order valence-electron chi connectivity index (χ3n) is 2.25. The van der Waals surface area contributed by atoms with Gasteiger partial charge in [-0.1, -0.05) is 5.57 Å². The van der Waals surface area contributed by atoms with Crippen molar-refractivity contribution in [3.05, 3.63) is 41.7 Å². The molecule has 0 spiro atoms. The number of methoxy groups -OCH3 is 1. The molecule has 0 radical (unpaired) electrons. The summed E-state index contributed by atoms with van der Waals surface area (Å²) in [5.41, 5.74) is 1.32. The molecule has 1 aromatic rings. The molecule has 1 aromatic carbocycles. The molecular weight excluding hydrogens is 207 g/mol. The molecule has 0 fully saturated rings. The van der Waals surface area contributed by atoms with Crippen molar-refractivity contribution in [3.63, 3.8) is 0 Å². The summed E-state index contributed by atoms with van der Waals surface area (Å²) in [7, 11) is 1.39. The van der Waals surface area contributed by atoms with E-state index in [4.69, 9.17) is 4.74 Å². The highest BCUT2D eigenvalue weighted by molar-refractivity contribution is 5.96. The maximum atomic E-state index is 13.3. The van der Waals surface area contributed by atoms with Crippen molar-refractivity contribution in [3.8, 4) is 5.75 Å². The zero-order chi connectivity index (χ0) is 12.1. The minimum Gasteiger partial charge on any atom is -0.494 e. The number of hydrogen-bond acceptors (Lipinski definition) is 2. The molecule has 0 heterocycles. The van der Waals surface area contributed by atoms with Crippen LogP contribution < -0.4 is 4.74 Å². The highest BCUT2D eigenvalue weighted by Crippen LogP contribution is 2.19. The molecule has 0 unspecified atom stereocenters. The van der Waals surface area contributed by atoms with Crippen molar-refractivity contribution in [2.24, 2.45) is 0 Å². The van der Waals surface area contributed by atoms with Gasteiger partial charge in [0.15, 0.2) is 17.3 Å². The Labute approximate surface area is 94.7 Å². The van der Waals surface area contributed by atoms with Gasteiger partial charge in [0, 0.05) is 12.0 Å². The predicted octanol–water partition coefficient (Wildman–Crippen LogP) is 3.37. The average Bonchev–Trinajstić information content (AvgIpc) is 2.25. The van der Waals surface area contributed by atoms with E-state index >= 15 is 0 Å². The van der Waals surface area contributed by atoms with E-state index < -0.39 is 5.82 Å². The van der Waals surface area contributed by atoms with Gasteiger partial charge in [0.2, 0.25) is 0 Å². The first-order valence-electron chi connectivity index (χ1n) is 5.05. The van der Waals surface area contributed by atoms with Gasteiger partial charge in [-0.3, -0.25) is 4.79 Å². The van der Waals surface area contributed by atoms with Crippen LogP contribution in [0, 0.1) is 5.82 Å². The number of ketones is 1. The molecule has 2 nitrogen and oxygen atoms in total. The van der Waals surface area contributed by atoms with Crippen LogP contribution in [0.25, 0.3) is 0 Å². The van der Waals surface area contributed by atoms with Gasteiger partial charge in [-0.2, -0.15) is 0 Å². The topological polar surface area (TPSA) is 26.3 Å². The number of carbonyl (C=O) groups excluding carboxylic acids is 1. The third-order valence-corrected chi connectivity index (χ3v) is 2.25. The third kappa shape index (κ3) is 3.19. The van der Waals surface area contributed by atoms with Gasteiger partial charge in [0.1, 0.15) is 0 Å². The van der Waals surface area contributed by atoms with E-state index in [2.05, 4.69) is 6.58 Å². The van der Waals surface area contributed by atoms with Gasteiger partial charge in [0.25, 0.3) is 0 Å². The minimum atomic E-state index is -0.510. The first-order valence-corrected chi connectivity index (χ1v) is 5.05. The summed E-state index contributed by atoms with van der Waals surface area (Å²) in [6.45, 7) is 5.58. The maximum Gasteiger partial charge on any atom is 0.165 e. The van der Waals surface area contributed by atoms with Gasteiger partial charge in [0.05, 0.1) is 7.11 Å². The summed E-state index contributed by atoms with van der Waals surface area (Å²) in [5.74, 6) is -0.440. The zero-order valence-electron chi connectivity index (χ0n) is 9.55. The van der Waals surface area contributed by atoms with Crippen LogP contribution in [0.2, 0.25) is 0 Å². The van der Waals surface area contributed by atoms with E-state index in [0.717, 1.165) is 5.57 Å². The number of allylic oxidation sites excluding steroid dienone is 1. The molecule has 16 heavy (non-hydrogen) atoms. The van der Waals surface area contributed by atoms with Gasteiger partial charge >= 0.3 is 0 Å². The summed E-state index contributed by atoms with van der Waals surface area (Å²) in [4.78, 5) is 11.7.